The van der Waals surface area contributed by atoms with E-state index in [-0.39, 0.29) is 30.1 Å². The quantitative estimate of drug-likeness (QED) is 0.570. The number of halogens is 1. The van der Waals surface area contributed by atoms with Crippen molar-refractivity contribution in [1.29, 1.82) is 0 Å². The number of aryl methyl sites for hydroxylation is 1. The number of morpholine rings is 1. The standard InChI is InChI=1S/C20H23ClN4O5S/c1-13-2-4-15(11-18(13)31(28,29)25-6-8-30-9-7-25)24-19(26)12-23-17-5-3-14(21)10-16(17)20(22)27/h2-5,10-11,23H,6-9,12H2,1H3,(H2,22,27)(H,24,26). The van der Waals surface area contributed by atoms with Gasteiger partial charge < -0.3 is 21.1 Å². The minimum Gasteiger partial charge on any atom is -0.379 e. The number of primary amides is 1. The third-order valence-electron chi connectivity index (χ3n) is 4.75. The number of carbonyl (C=O) groups is 2. The summed E-state index contributed by atoms with van der Waals surface area (Å²) in [5.41, 5.74) is 6.79. The first-order chi connectivity index (χ1) is 14.7. The van der Waals surface area contributed by atoms with Gasteiger partial charge in [0.15, 0.2) is 0 Å². The number of amides is 2. The molecule has 9 nitrogen and oxygen atoms in total. The Bertz CT molecular complexity index is 1100. The first kappa shape index (κ1) is 23.0. The average Bonchev–Trinajstić information content (AvgIpc) is 2.74. The molecule has 2 aromatic carbocycles. The second-order valence-corrected chi connectivity index (χ2v) is 9.30. The molecule has 0 unspecified atom stereocenters. The number of nitrogens with two attached hydrogens (primary N) is 1. The lowest BCUT2D eigenvalue weighted by Gasteiger charge is -2.26. The lowest BCUT2D eigenvalue weighted by atomic mass is 10.1. The van der Waals surface area contributed by atoms with Gasteiger partial charge >= 0.3 is 0 Å². The minimum atomic E-state index is -3.70. The van der Waals surface area contributed by atoms with E-state index in [0.29, 0.717) is 35.2 Å². The smallest absolute Gasteiger partial charge is 0.250 e. The lowest BCUT2D eigenvalue weighted by Crippen LogP contribution is -2.40. The molecular formula is C20H23ClN4O5S. The first-order valence-corrected chi connectivity index (χ1v) is 11.3. The van der Waals surface area contributed by atoms with Crippen LogP contribution in [0.2, 0.25) is 5.02 Å². The van der Waals surface area contributed by atoms with E-state index in [1.54, 1.807) is 31.2 Å². The van der Waals surface area contributed by atoms with E-state index in [4.69, 9.17) is 22.1 Å². The van der Waals surface area contributed by atoms with E-state index in [1.165, 1.54) is 16.4 Å². The summed E-state index contributed by atoms with van der Waals surface area (Å²) in [6.45, 7) is 2.79. The molecule has 0 atom stereocenters. The van der Waals surface area contributed by atoms with Gasteiger partial charge in [0.1, 0.15) is 0 Å². The minimum absolute atomic E-state index is 0.133. The second kappa shape index (κ2) is 9.65. The van der Waals surface area contributed by atoms with E-state index in [9.17, 15) is 18.0 Å². The maximum atomic E-state index is 13.0. The highest BCUT2D eigenvalue weighted by Crippen LogP contribution is 2.25. The van der Waals surface area contributed by atoms with Crippen molar-refractivity contribution >= 4 is 44.8 Å². The van der Waals surface area contributed by atoms with Crippen LogP contribution in [0.25, 0.3) is 0 Å². The van der Waals surface area contributed by atoms with E-state index in [0.717, 1.165) is 0 Å². The zero-order valence-corrected chi connectivity index (χ0v) is 18.4. The summed E-state index contributed by atoms with van der Waals surface area (Å²) in [4.78, 5) is 24.1. The second-order valence-electron chi connectivity index (χ2n) is 6.95. The summed E-state index contributed by atoms with van der Waals surface area (Å²) in [6, 6.07) is 9.23. The molecule has 0 bridgehead atoms. The fraction of sp³-hybridized carbons (Fsp3) is 0.300. The van der Waals surface area contributed by atoms with Crippen molar-refractivity contribution in [2.45, 2.75) is 11.8 Å². The number of rotatable bonds is 7. The fourth-order valence-electron chi connectivity index (χ4n) is 3.14. The Morgan fingerprint density at radius 2 is 1.87 bits per heavy atom. The molecule has 1 aliphatic rings. The summed E-state index contributed by atoms with van der Waals surface area (Å²) in [7, 11) is -3.70. The lowest BCUT2D eigenvalue weighted by molar-refractivity contribution is -0.114. The van der Waals surface area contributed by atoms with Gasteiger partial charge in [-0.25, -0.2) is 8.42 Å². The third-order valence-corrected chi connectivity index (χ3v) is 7.02. The molecule has 0 saturated carbocycles. The van der Waals surface area contributed by atoms with Crippen molar-refractivity contribution < 1.29 is 22.7 Å². The van der Waals surface area contributed by atoms with Crippen molar-refractivity contribution in [2.24, 2.45) is 5.73 Å². The molecular weight excluding hydrogens is 444 g/mol. The van der Waals surface area contributed by atoms with Crippen LogP contribution in [0.3, 0.4) is 0 Å². The predicted octanol–water partition coefficient (Wildman–Crippen LogP) is 1.82. The zero-order valence-electron chi connectivity index (χ0n) is 16.9. The molecule has 166 valence electrons. The zero-order chi connectivity index (χ0) is 22.6. The van der Waals surface area contributed by atoms with Gasteiger partial charge in [-0.15, -0.1) is 0 Å². The van der Waals surface area contributed by atoms with Crippen molar-refractivity contribution in [1.82, 2.24) is 4.31 Å². The van der Waals surface area contributed by atoms with Crippen molar-refractivity contribution in [3.63, 3.8) is 0 Å². The van der Waals surface area contributed by atoms with Gasteiger partial charge in [-0.2, -0.15) is 4.31 Å². The topological polar surface area (TPSA) is 131 Å². The van der Waals surface area contributed by atoms with E-state index >= 15 is 0 Å². The van der Waals surface area contributed by atoms with Gasteiger partial charge in [0, 0.05) is 29.5 Å². The van der Waals surface area contributed by atoms with E-state index < -0.39 is 21.8 Å². The van der Waals surface area contributed by atoms with Gasteiger partial charge in [-0.1, -0.05) is 17.7 Å². The molecule has 1 saturated heterocycles. The highest BCUT2D eigenvalue weighted by atomic mass is 35.5. The van der Waals surface area contributed by atoms with E-state index in [1.807, 2.05) is 0 Å². The SMILES string of the molecule is Cc1ccc(NC(=O)CNc2ccc(Cl)cc2C(N)=O)cc1S(=O)(=O)N1CCOCC1. The van der Waals surface area contributed by atoms with Crippen LogP contribution in [0.4, 0.5) is 11.4 Å². The van der Waals surface area contributed by atoms with Crippen LogP contribution in [0, 0.1) is 6.92 Å². The monoisotopic (exact) mass is 466 g/mol. The van der Waals surface area contributed by atoms with Gasteiger partial charge in [-0.05, 0) is 42.8 Å². The maximum Gasteiger partial charge on any atom is 0.250 e. The molecule has 3 rings (SSSR count). The highest BCUT2D eigenvalue weighted by molar-refractivity contribution is 7.89. The number of anilines is 2. The largest absolute Gasteiger partial charge is 0.379 e. The molecule has 0 radical (unpaired) electrons. The molecule has 1 fully saturated rings. The number of hydrogen-bond acceptors (Lipinski definition) is 6. The van der Waals surface area contributed by atoms with Crippen LogP contribution >= 0.6 is 11.6 Å². The number of ether oxygens (including phenoxy) is 1. The molecule has 1 aliphatic heterocycles. The Kier molecular flexibility index (Phi) is 7.16. The van der Waals surface area contributed by atoms with Gasteiger partial charge in [-0.3, -0.25) is 9.59 Å². The van der Waals surface area contributed by atoms with Crippen LogP contribution in [0.1, 0.15) is 15.9 Å². The number of benzene rings is 2. The summed E-state index contributed by atoms with van der Waals surface area (Å²) >= 11 is 5.88. The van der Waals surface area contributed by atoms with Crippen LogP contribution in [-0.2, 0) is 19.6 Å². The summed E-state index contributed by atoms with van der Waals surface area (Å²) in [5.74, 6) is -1.11. The average molecular weight is 467 g/mol. The number of carbonyl (C=O) groups excluding carboxylic acids is 2. The maximum absolute atomic E-state index is 13.0. The van der Waals surface area contributed by atoms with Gasteiger partial charge in [0.05, 0.1) is 30.2 Å². The van der Waals surface area contributed by atoms with Crippen LogP contribution in [0.5, 0.6) is 0 Å². The number of nitrogens with one attached hydrogen (secondary N) is 2. The predicted molar refractivity (Wildman–Crippen MR) is 118 cm³/mol. The molecule has 2 amide bonds. The number of nitrogens with zero attached hydrogens (tertiary/aromatic N) is 1. The van der Waals surface area contributed by atoms with Crippen LogP contribution < -0.4 is 16.4 Å². The summed E-state index contributed by atoms with van der Waals surface area (Å²) in [5, 5.41) is 5.85. The van der Waals surface area contributed by atoms with Crippen molar-refractivity contribution in [3.8, 4) is 0 Å². The molecule has 0 aliphatic carbocycles. The molecule has 4 N–H and O–H groups in total. The van der Waals surface area contributed by atoms with Crippen LogP contribution in [0.15, 0.2) is 41.3 Å². The van der Waals surface area contributed by atoms with Crippen molar-refractivity contribution in [2.75, 3.05) is 43.5 Å². The molecule has 31 heavy (non-hydrogen) atoms. The van der Waals surface area contributed by atoms with Gasteiger partial charge in [0.2, 0.25) is 15.9 Å². The Labute approximate surface area is 185 Å². The molecule has 0 aromatic heterocycles. The molecule has 11 heteroatoms. The number of sulfonamides is 1. The fourth-order valence-corrected chi connectivity index (χ4v) is 4.97. The van der Waals surface area contributed by atoms with Gasteiger partial charge in [0.25, 0.3) is 5.91 Å². The summed E-state index contributed by atoms with van der Waals surface area (Å²) in [6.07, 6.45) is 0. The Morgan fingerprint density at radius 3 is 2.55 bits per heavy atom. The third kappa shape index (κ3) is 5.53. The van der Waals surface area contributed by atoms with Crippen LogP contribution in [-0.4, -0.2) is 57.4 Å². The van der Waals surface area contributed by atoms with E-state index in [2.05, 4.69) is 10.6 Å². The normalized spacial score (nSPS) is 14.8. The van der Waals surface area contributed by atoms with Crippen molar-refractivity contribution in [3.05, 3.63) is 52.5 Å². The molecule has 0 spiro atoms. The highest BCUT2D eigenvalue weighted by Gasteiger charge is 2.28. The Balaban J connectivity index is 1.71. The summed E-state index contributed by atoms with van der Waals surface area (Å²) < 4.78 is 32.5. The molecule has 1 heterocycles. The molecule has 2 aromatic rings. The Morgan fingerprint density at radius 1 is 1.16 bits per heavy atom. The Hall–Kier alpha value is -2.66. The first-order valence-electron chi connectivity index (χ1n) is 9.50. The number of hydrogen-bond donors (Lipinski definition) is 3.